The predicted molar refractivity (Wildman–Crippen MR) is 142 cm³/mol. The van der Waals surface area contributed by atoms with E-state index in [0.29, 0.717) is 24.2 Å². The quantitative estimate of drug-likeness (QED) is 0.190. The van der Waals surface area contributed by atoms with E-state index in [1.54, 1.807) is 12.1 Å². The Hall–Kier alpha value is -4.87. The van der Waals surface area contributed by atoms with E-state index in [0.717, 1.165) is 18.2 Å². The van der Waals surface area contributed by atoms with E-state index < -0.39 is 23.0 Å². The molecular formula is C28H26F3N5O4. The molecule has 0 fully saturated rings. The molecule has 3 N–H and O–H groups in total. The van der Waals surface area contributed by atoms with E-state index in [4.69, 9.17) is 4.74 Å². The van der Waals surface area contributed by atoms with E-state index in [-0.39, 0.29) is 53.9 Å². The molecule has 0 atom stereocenters. The van der Waals surface area contributed by atoms with Crippen molar-refractivity contribution in [2.75, 3.05) is 12.4 Å². The number of likely N-dealkylation sites (N-methyl/N-ethyl adjacent to an activating group) is 1. The lowest BCUT2D eigenvalue weighted by atomic mass is 10.2. The Labute approximate surface area is 226 Å². The number of amides is 2. The minimum absolute atomic E-state index is 0.0187. The fourth-order valence-corrected chi connectivity index (χ4v) is 3.87. The summed E-state index contributed by atoms with van der Waals surface area (Å²) >= 11 is 0. The summed E-state index contributed by atoms with van der Waals surface area (Å²) < 4.78 is 48.3. The molecule has 9 nitrogen and oxygen atoms in total. The van der Waals surface area contributed by atoms with Gasteiger partial charge in [-0.15, -0.1) is 0 Å². The van der Waals surface area contributed by atoms with Gasteiger partial charge in [0.1, 0.15) is 41.1 Å². The number of pyridine rings is 1. The van der Waals surface area contributed by atoms with Crippen LogP contribution in [0.4, 0.5) is 18.9 Å². The van der Waals surface area contributed by atoms with Gasteiger partial charge in [0.2, 0.25) is 11.8 Å². The number of hydrogen-bond acceptors (Lipinski definition) is 5. The monoisotopic (exact) mass is 553 g/mol. The highest BCUT2D eigenvalue weighted by atomic mass is 19.1. The third-order valence-electron chi connectivity index (χ3n) is 5.87. The summed E-state index contributed by atoms with van der Waals surface area (Å²) in [7, 11) is 1.52. The number of unbranched alkanes of at least 4 members (excludes halogenated alkanes) is 1. The molecule has 0 radical (unpaired) electrons. The Balaban J connectivity index is 1.44. The van der Waals surface area contributed by atoms with Crippen molar-refractivity contribution in [2.45, 2.75) is 32.4 Å². The summed E-state index contributed by atoms with van der Waals surface area (Å²) in [5.74, 6) is -2.36. The molecule has 0 aliphatic heterocycles. The zero-order valence-corrected chi connectivity index (χ0v) is 21.5. The molecule has 0 saturated heterocycles. The topological polar surface area (TPSA) is 118 Å². The summed E-state index contributed by atoms with van der Waals surface area (Å²) in [6.45, 7) is -0.298. The molecule has 0 spiro atoms. The third kappa shape index (κ3) is 7.16. The maximum atomic E-state index is 14.2. The van der Waals surface area contributed by atoms with E-state index >= 15 is 0 Å². The van der Waals surface area contributed by atoms with Gasteiger partial charge in [0.05, 0.1) is 12.1 Å². The summed E-state index contributed by atoms with van der Waals surface area (Å²) in [4.78, 5) is 43.8. The number of anilines is 1. The Morgan fingerprint density at radius 3 is 2.73 bits per heavy atom. The highest BCUT2D eigenvalue weighted by molar-refractivity contribution is 5.90. The van der Waals surface area contributed by atoms with Crippen molar-refractivity contribution in [3.05, 3.63) is 100 Å². The lowest BCUT2D eigenvalue weighted by molar-refractivity contribution is -0.116. The second-order valence-electron chi connectivity index (χ2n) is 8.82. The van der Waals surface area contributed by atoms with Gasteiger partial charge in [0.15, 0.2) is 5.75 Å². The zero-order chi connectivity index (χ0) is 28.6. The highest BCUT2D eigenvalue weighted by Gasteiger charge is 2.14. The van der Waals surface area contributed by atoms with E-state index in [1.807, 2.05) is 0 Å². The summed E-state index contributed by atoms with van der Waals surface area (Å²) in [6.07, 6.45) is 5.75. The number of aromatic nitrogens is 3. The Bertz CT molecular complexity index is 1630. The number of hydrogen-bond donors (Lipinski definition) is 3. The number of nitrogens with zero attached hydrogens (tertiary/aromatic N) is 2. The number of halogens is 3. The molecule has 40 heavy (non-hydrogen) atoms. The van der Waals surface area contributed by atoms with Crippen LogP contribution in [0.3, 0.4) is 0 Å². The number of imidazole rings is 1. The van der Waals surface area contributed by atoms with Gasteiger partial charge in [0, 0.05) is 37.4 Å². The number of H-pyrrole nitrogens is 1. The number of carbonyl (C=O) groups is 2. The van der Waals surface area contributed by atoms with E-state index in [2.05, 4.69) is 20.6 Å². The van der Waals surface area contributed by atoms with Gasteiger partial charge in [-0.3, -0.25) is 14.4 Å². The molecule has 0 saturated carbocycles. The average Bonchev–Trinajstić information content (AvgIpc) is 3.32. The second kappa shape index (κ2) is 12.8. The van der Waals surface area contributed by atoms with Crippen LogP contribution in [0.15, 0.2) is 65.6 Å². The van der Waals surface area contributed by atoms with Crippen LogP contribution in [0.2, 0.25) is 0 Å². The van der Waals surface area contributed by atoms with Crippen molar-refractivity contribution in [3.8, 4) is 5.75 Å². The predicted octanol–water partition coefficient (Wildman–Crippen LogP) is 4.18. The van der Waals surface area contributed by atoms with Crippen LogP contribution < -0.4 is 20.9 Å². The van der Waals surface area contributed by atoms with Crippen molar-refractivity contribution < 1.29 is 27.5 Å². The first kappa shape index (κ1) is 28.1. The molecule has 12 heteroatoms. The summed E-state index contributed by atoms with van der Waals surface area (Å²) in [5, 5.41) is 5.06. The molecule has 0 bridgehead atoms. The molecule has 2 aromatic carbocycles. The molecule has 4 aromatic rings. The van der Waals surface area contributed by atoms with Crippen LogP contribution in [0, 0.1) is 17.5 Å². The minimum Gasteiger partial charge on any atom is -0.486 e. The van der Waals surface area contributed by atoms with Crippen molar-refractivity contribution in [3.63, 3.8) is 0 Å². The minimum atomic E-state index is -0.792. The molecule has 0 aliphatic rings. The number of benzene rings is 2. The van der Waals surface area contributed by atoms with Crippen LogP contribution in [0.5, 0.6) is 5.75 Å². The number of aromatic amines is 1. The van der Waals surface area contributed by atoms with Gasteiger partial charge in [-0.25, -0.2) is 18.2 Å². The van der Waals surface area contributed by atoms with Crippen molar-refractivity contribution in [2.24, 2.45) is 0 Å². The lowest BCUT2D eigenvalue weighted by Gasteiger charge is -2.08. The van der Waals surface area contributed by atoms with Gasteiger partial charge < -0.3 is 24.9 Å². The number of nitrogens with one attached hydrogen (secondary N) is 3. The first-order chi connectivity index (χ1) is 19.2. The van der Waals surface area contributed by atoms with Crippen LogP contribution in [0.25, 0.3) is 11.0 Å². The lowest BCUT2D eigenvalue weighted by Crippen LogP contribution is -2.26. The maximum absolute atomic E-state index is 14.2. The molecule has 4 rings (SSSR count). The van der Waals surface area contributed by atoms with Crippen molar-refractivity contribution in [1.82, 2.24) is 19.9 Å². The summed E-state index contributed by atoms with van der Waals surface area (Å²) in [5.41, 5.74) is 0.265. The number of allylic oxidation sites excluding steroid dienone is 1. The Morgan fingerprint density at radius 1 is 1.12 bits per heavy atom. The van der Waals surface area contributed by atoms with Crippen LogP contribution in [-0.2, 0) is 22.7 Å². The van der Waals surface area contributed by atoms with E-state index in [9.17, 15) is 27.6 Å². The standard InChI is InChI=1S/C28H26F3N5O4/c1-32-25(37)7-3-2-4-8-26(38)34-21-6-5-11-36(28(21)39)15-24-33-22-13-19(30)14-23(27(22)35-24)40-16-17-9-10-18(29)12-20(17)31/h3,5-7,9-14H,2,4,8,15-16H2,1H3,(H,32,37)(H,33,35)(H,34,38)/b7-3+. The Kier molecular flexibility index (Phi) is 9.00. The number of fused-ring (bicyclic) bond motifs is 1. The molecular weight excluding hydrogens is 527 g/mol. The molecule has 2 amide bonds. The van der Waals surface area contributed by atoms with Crippen molar-refractivity contribution >= 4 is 28.5 Å². The molecule has 0 unspecified atom stereocenters. The van der Waals surface area contributed by atoms with E-state index in [1.165, 1.54) is 42.1 Å². The molecule has 208 valence electrons. The van der Waals surface area contributed by atoms with Gasteiger partial charge in [-0.05, 0) is 49.2 Å². The number of rotatable bonds is 11. The fraction of sp³-hybridized carbons (Fsp3) is 0.214. The van der Waals surface area contributed by atoms with Gasteiger partial charge in [0.25, 0.3) is 5.56 Å². The van der Waals surface area contributed by atoms with Gasteiger partial charge >= 0.3 is 0 Å². The number of carbonyl (C=O) groups excluding carboxylic acids is 2. The third-order valence-corrected chi connectivity index (χ3v) is 5.87. The SMILES string of the molecule is CNC(=O)/C=C/CCCC(=O)Nc1cccn(Cc2nc3c(OCc4ccc(F)cc4F)cc(F)cc3[nH]2)c1=O. The van der Waals surface area contributed by atoms with Crippen LogP contribution in [-0.4, -0.2) is 33.4 Å². The molecule has 2 aromatic heterocycles. The van der Waals surface area contributed by atoms with Crippen LogP contribution >= 0.6 is 0 Å². The number of ether oxygens (including phenoxy) is 1. The second-order valence-corrected chi connectivity index (χ2v) is 8.82. The molecule has 2 heterocycles. The zero-order valence-electron chi connectivity index (χ0n) is 21.5. The van der Waals surface area contributed by atoms with Crippen molar-refractivity contribution in [1.29, 1.82) is 0 Å². The first-order valence-corrected chi connectivity index (χ1v) is 12.4. The van der Waals surface area contributed by atoms with Crippen LogP contribution in [0.1, 0.15) is 30.7 Å². The fourth-order valence-electron chi connectivity index (χ4n) is 3.87. The smallest absolute Gasteiger partial charge is 0.274 e. The highest BCUT2D eigenvalue weighted by Crippen LogP contribution is 2.27. The maximum Gasteiger partial charge on any atom is 0.274 e. The Morgan fingerprint density at radius 2 is 1.95 bits per heavy atom. The van der Waals surface area contributed by atoms with Gasteiger partial charge in [-0.2, -0.15) is 0 Å². The summed E-state index contributed by atoms with van der Waals surface area (Å²) in [6, 6.07) is 8.45. The largest absolute Gasteiger partial charge is 0.486 e. The first-order valence-electron chi connectivity index (χ1n) is 12.4. The average molecular weight is 554 g/mol. The van der Waals surface area contributed by atoms with Gasteiger partial charge in [-0.1, -0.05) is 6.08 Å². The molecule has 0 aliphatic carbocycles. The normalized spacial score (nSPS) is 11.2.